The van der Waals surface area contributed by atoms with Crippen molar-refractivity contribution in [2.75, 3.05) is 0 Å². The lowest BCUT2D eigenvalue weighted by Crippen LogP contribution is -2.40. The Bertz CT molecular complexity index is 618. The number of aromatic hydroxyl groups is 2. The minimum atomic E-state index is -0.941. The number of carbonyl (C=O) groups excluding carboxylic acids is 2. The van der Waals surface area contributed by atoms with Crippen LogP contribution in [-0.2, 0) is 25.5 Å². The maximum atomic E-state index is 12.1. The van der Waals surface area contributed by atoms with E-state index >= 15 is 0 Å². The Morgan fingerprint density at radius 3 is 2.15 bits per heavy atom. The van der Waals surface area contributed by atoms with Crippen molar-refractivity contribution in [3.63, 3.8) is 0 Å². The third kappa shape index (κ3) is 6.55. The molecule has 1 aromatic carbocycles. The van der Waals surface area contributed by atoms with Crippen LogP contribution >= 0.6 is 0 Å². The normalized spacial score (nSPS) is 15.6. The molecule has 0 saturated carbocycles. The summed E-state index contributed by atoms with van der Waals surface area (Å²) in [6, 6.07) is 3.28. The van der Waals surface area contributed by atoms with E-state index in [2.05, 4.69) is 0 Å². The zero-order valence-electron chi connectivity index (χ0n) is 15.8. The summed E-state index contributed by atoms with van der Waals surface area (Å²) in [7, 11) is 0. The molecule has 0 aliphatic rings. The zero-order valence-corrected chi connectivity index (χ0v) is 15.8. The molecule has 0 aliphatic heterocycles. The molecule has 1 aromatic rings. The summed E-state index contributed by atoms with van der Waals surface area (Å²) in [4.78, 5) is 24.1. The van der Waals surface area contributed by atoms with Crippen LogP contribution in [0.3, 0.4) is 0 Å². The van der Waals surface area contributed by atoms with Gasteiger partial charge in [0, 0.05) is 0 Å². The number of hydrogen-bond donors (Lipinski definition) is 3. The van der Waals surface area contributed by atoms with E-state index in [1.165, 1.54) is 12.1 Å². The van der Waals surface area contributed by atoms with Crippen LogP contribution in [0.2, 0.25) is 0 Å². The van der Waals surface area contributed by atoms with Crippen LogP contribution in [0, 0.1) is 5.92 Å². The molecule has 0 bridgehead atoms. The molecular weight excluding hydrogens is 338 g/mol. The van der Waals surface area contributed by atoms with Gasteiger partial charge < -0.3 is 25.4 Å². The minimum absolute atomic E-state index is 0.140. The lowest BCUT2D eigenvalue weighted by Gasteiger charge is -2.23. The van der Waals surface area contributed by atoms with Crippen molar-refractivity contribution in [2.45, 2.75) is 65.2 Å². The third-order valence-electron chi connectivity index (χ3n) is 4.19. The highest BCUT2D eigenvalue weighted by atomic mass is 16.6. The van der Waals surface area contributed by atoms with Crippen molar-refractivity contribution >= 4 is 11.9 Å². The van der Waals surface area contributed by atoms with Crippen LogP contribution in [0.15, 0.2) is 18.2 Å². The summed E-state index contributed by atoms with van der Waals surface area (Å²) >= 11 is 0. The van der Waals surface area contributed by atoms with Crippen molar-refractivity contribution in [3.05, 3.63) is 23.8 Å². The van der Waals surface area contributed by atoms with Crippen LogP contribution in [0.4, 0.5) is 0 Å². The molecule has 0 aromatic heterocycles. The Morgan fingerprint density at radius 2 is 1.62 bits per heavy atom. The lowest BCUT2D eigenvalue weighted by molar-refractivity contribution is -0.168. The van der Waals surface area contributed by atoms with E-state index in [9.17, 15) is 19.8 Å². The van der Waals surface area contributed by atoms with E-state index in [0.717, 1.165) is 12.8 Å². The fourth-order valence-corrected chi connectivity index (χ4v) is 2.35. The number of nitrogens with two attached hydrogens (primary N) is 1. The molecule has 146 valence electrons. The fraction of sp³-hybridized carbons (Fsp3) is 0.579. The highest BCUT2D eigenvalue weighted by molar-refractivity contribution is 5.76. The molecule has 1 rings (SSSR count). The lowest BCUT2D eigenvalue weighted by atomic mass is 10.1. The number of phenolic OH excluding ortho intramolecular Hbond substituents is 2. The van der Waals surface area contributed by atoms with Crippen LogP contribution in [0.1, 0.15) is 46.1 Å². The number of benzene rings is 1. The average molecular weight is 367 g/mol. The second-order valence-corrected chi connectivity index (χ2v) is 6.61. The Balaban J connectivity index is 2.53. The second-order valence-electron chi connectivity index (χ2n) is 6.61. The maximum Gasteiger partial charge on any atom is 0.323 e. The van der Waals surface area contributed by atoms with Crippen molar-refractivity contribution < 1.29 is 29.3 Å². The molecule has 0 fully saturated rings. The molecule has 1 unspecified atom stereocenters. The summed E-state index contributed by atoms with van der Waals surface area (Å²) in [5, 5.41) is 18.8. The summed E-state index contributed by atoms with van der Waals surface area (Å²) in [6.45, 7) is 7.10. The minimum Gasteiger partial charge on any atom is -0.504 e. The summed E-state index contributed by atoms with van der Waals surface area (Å²) in [5.74, 6) is -1.67. The highest BCUT2D eigenvalue weighted by Gasteiger charge is 2.25. The van der Waals surface area contributed by atoms with Gasteiger partial charge in [-0.05, 0) is 44.4 Å². The molecule has 0 amide bonds. The van der Waals surface area contributed by atoms with Crippen molar-refractivity contribution in [3.8, 4) is 11.5 Å². The zero-order chi connectivity index (χ0) is 19.9. The molecule has 4 atom stereocenters. The molecule has 4 N–H and O–H groups in total. The van der Waals surface area contributed by atoms with Gasteiger partial charge in [0.15, 0.2) is 11.5 Å². The standard InChI is InChI=1S/C19H29NO6/c1-5-6-11(2)18(23)25-12(3)13(4)26-19(24)15(20)9-14-7-8-16(21)17(22)10-14/h7-8,10-13,15,21-22H,5-6,9,20H2,1-4H3/t11?,12-,13-,15+/m1/s1. The summed E-state index contributed by atoms with van der Waals surface area (Å²) < 4.78 is 10.6. The van der Waals surface area contributed by atoms with Gasteiger partial charge in [0.1, 0.15) is 18.2 Å². The Hall–Kier alpha value is -2.28. The van der Waals surface area contributed by atoms with Gasteiger partial charge in [-0.3, -0.25) is 9.59 Å². The van der Waals surface area contributed by atoms with E-state index in [0.29, 0.717) is 5.56 Å². The first-order chi connectivity index (χ1) is 12.1. The molecule has 7 heteroatoms. The van der Waals surface area contributed by atoms with Gasteiger partial charge >= 0.3 is 11.9 Å². The number of phenols is 2. The summed E-state index contributed by atoms with van der Waals surface area (Å²) in [5.41, 5.74) is 6.44. The van der Waals surface area contributed by atoms with Gasteiger partial charge in [-0.1, -0.05) is 26.3 Å². The Labute approximate surface area is 154 Å². The van der Waals surface area contributed by atoms with Crippen molar-refractivity contribution in [1.82, 2.24) is 0 Å². The molecule has 0 saturated heterocycles. The number of carbonyl (C=O) groups is 2. The van der Waals surface area contributed by atoms with Crippen LogP contribution in [0.25, 0.3) is 0 Å². The first-order valence-corrected chi connectivity index (χ1v) is 8.83. The Kier molecular flexibility index (Phi) is 8.38. The van der Waals surface area contributed by atoms with Crippen LogP contribution in [-0.4, -0.2) is 40.4 Å². The number of ether oxygens (including phenoxy) is 2. The molecule has 0 heterocycles. The predicted octanol–water partition coefficient (Wildman–Crippen LogP) is 2.27. The largest absolute Gasteiger partial charge is 0.504 e. The molecular formula is C19H29NO6. The van der Waals surface area contributed by atoms with E-state index in [-0.39, 0.29) is 29.8 Å². The van der Waals surface area contributed by atoms with Crippen molar-refractivity contribution in [2.24, 2.45) is 11.7 Å². The van der Waals surface area contributed by atoms with Crippen LogP contribution < -0.4 is 5.73 Å². The van der Waals surface area contributed by atoms with E-state index in [4.69, 9.17) is 15.2 Å². The molecule has 26 heavy (non-hydrogen) atoms. The van der Waals surface area contributed by atoms with Gasteiger partial charge in [0.25, 0.3) is 0 Å². The van der Waals surface area contributed by atoms with Gasteiger partial charge in [-0.2, -0.15) is 0 Å². The van der Waals surface area contributed by atoms with Gasteiger partial charge in [-0.25, -0.2) is 0 Å². The Morgan fingerprint density at radius 1 is 1.04 bits per heavy atom. The van der Waals surface area contributed by atoms with Crippen molar-refractivity contribution in [1.29, 1.82) is 0 Å². The summed E-state index contributed by atoms with van der Waals surface area (Å²) in [6.07, 6.45) is 0.539. The molecule has 7 nitrogen and oxygen atoms in total. The van der Waals surface area contributed by atoms with E-state index in [1.54, 1.807) is 26.8 Å². The topological polar surface area (TPSA) is 119 Å². The highest BCUT2D eigenvalue weighted by Crippen LogP contribution is 2.25. The molecule has 0 radical (unpaired) electrons. The first kappa shape index (κ1) is 21.8. The predicted molar refractivity (Wildman–Crippen MR) is 96.6 cm³/mol. The quantitative estimate of drug-likeness (QED) is 0.452. The SMILES string of the molecule is CCCC(C)C(=O)O[C@H](C)[C@@H](C)OC(=O)[C@@H](N)Cc1ccc(O)c(O)c1. The number of hydrogen-bond acceptors (Lipinski definition) is 7. The van der Waals surface area contributed by atoms with Gasteiger partial charge in [-0.15, -0.1) is 0 Å². The van der Waals surface area contributed by atoms with Gasteiger partial charge in [0.2, 0.25) is 0 Å². The third-order valence-corrected chi connectivity index (χ3v) is 4.19. The van der Waals surface area contributed by atoms with E-state index in [1.807, 2.05) is 6.92 Å². The number of esters is 2. The smallest absolute Gasteiger partial charge is 0.323 e. The molecule has 0 spiro atoms. The fourth-order valence-electron chi connectivity index (χ4n) is 2.35. The average Bonchev–Trinajstić information content (AvgIpc) is 2.58. The monoisotopic (exact) mass is 367 g/mol. The maximum absolute atomic E-state index is 12.1. The van der Waals surface area contributed by atoms with Gasteiger partial charge in [0.05, 0.1) is 5.92 Å². The second kappa shape index (κ2) is 10.0. The first-order valence-electron chi connectivity index (χ1n) is 8.83. The number of rotatable bonds is 9. The van der Waals surface area contributed by atoms with E-state index < -0.39 is 24.2 Å². The van der Waals surface area contributed by atoms with Crippen LogP contribution in [0.5, 0.6) is 11.5 Å². The molecule has 0 aliphatic carbocycles.